The van der Waals surface area contributed by atoms with Crippen LogP contribution in [0.25, 0.3) is 0 Å². The van der Waals surface area contributed by atoms with Gasteiger partial charge in [-0.2, -0.15) is 10.4 Å². The molecule has 146 valence electrons. The Hall–Kier alpha value is -2.86. The first kappa shape index (κ1) is 18.5. The van der Waals surface area contributed by atoms with Gasteiger partial charge in [0.2, 0.25) is 15.9 Å². The lowest BCUT2D eigenvalue weighted by molar-refractivity contribution is -0.119. The second-order valence-electron chi connectivity index (χ2n) is 7.18. The van der Waals surface area contributed by atoms with E-state index in [1.54, 1.807) is 36.0 Å². The molecule has 1 atom stereocenters. The predicted molar refractivity (Wildman–Crippen MR) is 104 cm³/mol. The first-order valence-electron chi connectivity index (χ1n) is 9.26. The maximum Gasteiger partial charge on any atom is 0.244 e. The van der Waals surface area contributed by atoms with Crippen LogP contribution in [-0.2, 0) is 14.8 Å². The number of carbonyl (C=O) groups is 1. The average molecular weight is 399 g/mol. The van der Waals surface area contributed by atoms with Crippen molar-refractivity contribution in [3.8, 4) is 6.07 Å². The quantitative estimate of drug-likeness (QED) is 0.830. The van der Waals surface area contributed by atoms with Crippen LogP contribution in [0.5, 0.6) is 0 Å². The van der Waals surface area contributed by atoms with Gasteiger partial charge in [-0.05, 0) is 50.5 Å². The zero-order valence-corrected chi connectivity index (χ0v) is 16.3. The number of hydrogen-bond acceptors (Lipinski definition) is 5. The fourth-order valence-corrected chi connectivity index (χ4v) is 4.75. The lowest BCUT2D eigenvalue weighted by atomic mass is 9.97. The lowest BCUT2D eigenvalue weighted by Crippen LogP contribution is -2.39. The minimum atomic E-state index is -3.41. The molecule has 1 saturated carbocycles. The maximum atomic E-state index is 12.5. The van der Waals surface area contributed by atoms with Crippen molar-refractivity contribution in [3.63, 3.8) is 0 Å². The van der Waals surface area contributed by atoms with Crippen LogP contribution in [0.4, 0.5) is 11.4 Å². The summed E-state index contributed by atoms with van der Waals surface area (Å²) in [6.45, 7) is 2.00. The number of hydrogen-bond donors (Lipinski definition) is 1. The number of anilines is 2. The van der Waals surface area contributed by atoms with E-state index < -0.39 is 15.4 Å². The number of nitrogens with one attached hydrogen (secondary N) is 1. The van der Waals surface area contributed by atoms with Crippen LogP contribution in [0, 0.1) is 16.7 Å². The molecule has 1 N–H and O–H groups in total. The van der Waals surface area contributed by atoms with Crippen molar-refractivity contribution in [1.82, 2.24) is 9.78 Å². The second kappa shape index (κ2) is 6.63. The van der Waals surface area contributed by atoms with Crippen LogP contribution in [0.3, 0.4) is 0 Å². The summed E-state index contributed by atoms with van der Waals surface area (Å²) in [6.07, 6.45) is 5.24. The van der Waals surface area contributed by atoms with E-state index in [2.05, 4.69) is 16.5 Å². The van der Waals surface area contributed by atoms with Gasteiger partial charge >= 0.3 is 0 Å². The Balaban J connectivity index is 1.73. The summed E-state index contributed by atoms with van der Waals surface area (Å²) in [5, 5.41) is 16.4. The third kappa shape index (κ3) is 3.03. The summed E-state index contributed by atoms with van der Waals surface area (Å²) in [5.41, 5.74) is 1.02. The van der Waals surface area contributed by atoms with Gasteiger partial charge in [-0.15, -0.1) is 0 Å². The van der Waals surface area contributed by atoms with E-state index in [9.17, 15) is 18.5 Å². The van der Waals surface area contributed by atoms with E-state index in [0.717, 1.165) is 5.56 Å². The van der Waals surface area contributed by atoms with Crippen molar-refractivity contribution in [2.75, 3.05) is 21.9 Å². The molecule has 28 heavy (non-hydrogen) atoms. The molecule has 0 radical (unpaired) electrons. The molecule has 1 aliphatic carbocycles. The zero-order chi connectivity index (χ0) is 19.9. The molecule has 1 unspecified atom stereocenters. The summed E-state index contributed by atoms with van der Waals surface area (Å²) in [7, 11) is -3.41. The molecule has 1 aliphatic heterocycles. The normalized spacial score (nSPS) is 20.1. The van der Waals surface area contributed by atoms with E-state index in [1.807, 2.05) is 12.3 Å². The van der Waals surface area contributed by atoms with Gasteiger partial charge in [0.15, 0.2) is 0 Å². The topological polar surface area (TPSA) is 108 Å². The monoisotopic (exact) mass is 399 g/mol. The van der Waals surface area contributed by atoms with Gasteiger partial charge in [0, 0.05) is 30.2 Å². The summed E-state index contributed by atoms with van der Waals surface area (Å²) in [6, 6.07) is 8.99. The summed E-state index contributed by atoms with van der Waals surface area (Å²) < 4.78 is 28.3. The third-order valence-electron chi connectivity index (χ3n) is 5.46. The van der Waals surface area contributed by atoms with Gasteiger partial charge in [-0.1, -0.05) is 0 Å². The Morgan fingerprint density at radius 1 is 1.43 bits per heavy atom. The number of fused-ring (bicyclic) bond motifs is 1. The molecular weight excluding hydrogens is 378 g/mol. The summed E-state index contributed by atoms with van der Waals surface area (Å²) >= 11 is 0. The minimum absolute atomic E-state index is 0.0159. The fraction of sp³-hybridized carbons (Fsp3) is 0.421. The molecule has 4 rings (SSSR count). The first-order valence-corrected chi connectivity index (χ1v) is 10.9. The summed E-state index contributed by atoms with van der Waals surface area (Å²) in [5.74, 6) is -0.290. The molecule has 1 fully saturated rings. The van der Waals surface area contributed by atoms with Gasteiger partial charge < -0.3 is 5.32 Å². The molecule has 0 bridgehead atoms. The van der Waals surface area contributed by atoms with Crippen molar-refractivity contribution in [3.05, 3.63) is 42.2 Å². The smallest absolute Gasteiger partial charge is 0.244 e. The Morgan fingerprint density at radius 3 is 2.82 bits per heavy atom. The van der Waals surface area contributed by atoms with E-state index in [-0.39, 0.29) is 17.7 Å². The van der Waals surface area contributed by atoms with Crippen LogP contribution in [0.15, 0.2) is 36.7 Å². The molecular formula is C19H21N5O3S. The lowest BCUT2D eigenvalue weighted by Gasteiger charge is -2.35. The van der Waals surface area contributed by atoms with Crippen molar-refractivity contribution in [2.45, 2.75) is 32.2 Å². The maximum absolute atomic E-state index is 12.5. The highest BCUT2D eigenvalue weighted by atomic mass is 32.2. The highest BCUT2D eigenvalue weighted by Gasteiger charge is 2.50. The number of aromatic nitrogens is 2. The van der Waals surface area contributed by atoms with Crippen LogP contribution in [0.1, 0.15) is 37.8 Å². The standard InChI is InChI=1S/C19H21N5O3S/c1-2-28(26,27)24-11-6-16(23-10-3-9-21-23)15-12-14(4-5-17(15)24)22-18(25)19(13-20)7-8-19/h3-5,9-10,12,16H,2,6-8,11H2,1H3,(H,22,25). The molecule has 8 nitrogen and oxygen atoms in total. The molecule has 1 amide bonds. The van der Waals surface area contributed by atoms with E-state index in [4.69, 9.17) is 0 Å². The fourth-order valence-electron chi connectivity index (χ4n) is 3.59. The average Bonchev–Trinajstić information content (AvgIpc) is 3.33. The Bertz CT molecular complexity index is 1050. The van der Waals surface area contributed by atoms with E-state index >= 15 is 0 Å². The second-order valence-corrected chi connectivity index (χ2v) is 9.37. The number of sulfonamides is 1. The third-order valence-corrected chi connectivity index (χ3v) is 7.24. The van der Waals surface area contributed by atoms with Crippen LogP contribution < -0.4 is 9.62 Å². The number of nitrogens with zero attached hydrogens (tertiary/aromatic N) is 4. The molecule has 2 heterocycles. The number of benzene rings is 1. The Morgan fingerprint density at radius 2 is 2.21 bits per heavy atom. The largest absolute Gasteiger partial charge is 0.325 e. The number of rotatable bonds is 5. The molecule has 2 aliphatic rings. The molecule has 0 saturated heterocycles. The SMILES string of the molecule is CCS(=O)(=O)N1CCC(n2cccn2)c2cc(NC(=O)C3(C#N)CC3)ccc21. The molecule has 9 heteroatoms. The van der Waals surface area contributed by atoms with Crippen molar-refractivity contribution in [2.24, 2.45) is 5.41 Å². The van der Waals surface area contributed by atoms with E-state index in [0.29, 0.717) is 37.2 Å². The van der Waals surface area contributed by atoms with Gasteiger partial charge in [0.1, 0.15) is 5.41 Å². The number of nitriles is 1. The van der Waals surface area contributed by atoms with Crippen molar-refractivity contribution < 1.29 is 13.2 Å². The minimum Gasteiger partial charge on any atom is -0.325 e. The van der Waals surface area contributed by atoms with E-state index in [1.165, 1.54) is 4.31 Å². The molecule has 0 spiro atoms. The highest BCUT2D eigenvalue weighted by Crippen LogP contribution is 2.46. The highest BCUT2D eigenvalue weighted by molar-refractivity contribution is 7.92. The molecule has 1 aromatic heterocycles. The summed E-state index contributed by atoms with van der Waals surface area (Å²) in [4.78, 5) is 12.4. The van der Waals surface area contributed by atoms with Gasteiger partial charge in [0.05, 0.1) is 23.6 Å². The molecule has 1 aromatic carbocycles. The van der Waals surface area contributed by atoms with Crippen LogP contribution in [-0.4, -0.2) is 36.4 Å². The number of carbonyl (C=O) groups excluding carboxylic acids is 1. The van der Waals surface area contributed by atoms with Gasteiger partial charge in [0.25, 0.3) is 0 Å². The number of amides is 1. The van der Waals surface area contributed by atoms with Crippen LogP contribution >= 0.6 is 0 Å². The zero-order valence-electron chi connectivity index (χ0n) is 15.5. The van der Waals surface area contributed by atoms with Gasteiger partial charge in [-0.25, -0.2) is 8.42 Å². The Kier molecular flexibility index (Phi) is 4.38. The van der Waals surface area contributed by atoms with Gasteiger partial charge in [-0.3, -0.25) is 13.8 Å². The Labute approximate surface area is 163 Å². The van der Waals surface area contributed by atoms with Crippen molar-refractivity contribution >= 4 is 27.3 Å². The molecule has 2 aromatic rings. The van der Waals surface area contributed by atoms with Crippen molar-refractivity contribution in [1.29, 1.82) is 5.26 Å². The predicted octanol–water partition coefficient (Wildman–Crippen LogP) is 2.27. The van der Waals surface area contributed by atoms with Crippen LogP contribution in [0.2, 0.25) is 0 Å². The first-order chi connectivity index (χ1) is 13.4.